The van der Waals surface area contributed by atoms with Gasteiger partial charge in [-0.1, -0.05) is 20.8 Å². The number of carbonyl (C=O) groups is 2. The zero-order valence-electron chi connectivity index (χ0n) is 15.2. The third-order valence-corrected chi connectivity index (χ3v) is 5.12. The second-order valence-corrected chi connectivity index (χ2v) is 8.17. The van der Waals surface area contributed by atoms with Crippen LogP contribution in [0.1, 0.15) is 46.5 Å². The fraction of sp³-hybridized carbons (Fsp3) is 0.889. The van der Waals surface area contributed by atoms with Crippen LogP contribution >= 0.6 is 0 Å². The molecule has 2 heterocycles. The van der Waals surface area contributed by atoms with Crippen molar-refractivity contribution in [1.29, 1.82) is 0 Å². The highest BCUT2D eigenvalue weighted by molar-refractivity contribution is 5.84. The number of hydrogen-bond acceptors (Lipinski definition) is 3. The Morgan fingerprint density at radius 2 is 1.70 bits per heavy atom. The number of likely N-dealkylation sites (tertiary alicyclic amines) is 2. The van der Waals surface area contributed by atoms with Gasteiger partial charge >= 0.3 is 0 Å². The van der Waals surface area contributed by atoms with Gasteiger partial charge in [0, 0.05) is 31.6 Å². The summed E-state index contributed by atoms with van der Waals surface area (Å²) in [6.45, 7) is 10.0. The molecule has 5 heteroatoms. The third-order valence-electron chi connectivity index (χ3n) is 5.12. The van der Waals surface area contributed by atoms with Gasteiger partial charge in [-0.25, -0.2) is 0 Å². The Labute approximate surface area is 140 Å². The number of piperidine rings is 2. The summed E-state index contributed by atoms with van der Waals surface area (Å²) in [6.07, 6.45) is 4.03. The van der Waals surface area contributed by atoms with Crippen molar-refractivity contribution in [2.45, 2.75) is 46.5 Å². The predicted molar refractivity (Wildman–Crippen MR) is 92.0 cm³/mol. The summed E-state index contributed by atoms with van der Waals surface area (Å²) in [5.41, 5.74) is -0.365. The first-order valence-electron chi connectivity index (χ1n) is 9.05. The number of nitrogens with zero attached hydrogens (tertiary/aromatic N) is 2. The summed E-state index contributed by atoms with van der Waals surface area (Å²) >= 11 is 0. The Balaban J connectivity index is 1.89. The molecule has 1 atom stereocenters. The third kappa shape index (κ3) is 4.69. The van der Waals surface area contributed by atoms with Crippen molar-refractivity contribution in [3.05, 3.63) is 0 Å². The average molecular weight is 323 g/mol. The van der Waals surface area contributed by atoms with E-state index in [-0.39, 0.29) is 23.1 Å². The smallest absolute Gasteiger partial charge is 0.227 e. The normalized spacial score (nSPS) is 23.9. The van der Waals surface area contributed by atoms with Crippen molar-refractivity contribution in [2.75, 3.05) is 39.8 Å². The molecule has 2 rings (SSSR count). The number of hydrogen-bond donors (Lipinski definition) is 1. The van der Waals surface area contributed by atoms with E-state index >= 15 is 0 Å². The van der Waals surface area contributed by atoms with E-state index in [2.05, 4.69) is 5.32 Å². The molecule has 1 unspecified atom stereocenters. The summed E-state index contributed by atoms with van der Waals surface area (Å²) in [5.74, 6) is 1.12. The first-order valence-corrected chi connectivity index (χ1v) is 9.05. The van der Waals surface area contributed by atoms with Gasteiger partial charge in [-0.05, 0) is 45.2 Å². The van der Waals surface area contributed by atoms with Crippen LogP contribution < -0.4 is 5.32 Å². The molecule has 23 heavy (non-hydrogen) atoms. The van der Waals surface area contributed by atoms with E-state index in [1.54, 1.807) is 0 Å². The van der Waals surface area contributed by atoms with Crippen molar-refractivity contribution in [1.82, 2.24) is 15.1 Å². The predicted octanol–water partition coefficient (Wildman–Crippen LogP) is 1.73. The fourth-order valence-electron chi connectivity index (χ4n) is 3.74. The first kappa shape index (κ1) is 18.2. The maximum Gasteiger partial charge on any atom is 0.227 e. The van der Waals surface area contributed by atoms with Crippen molar-refractivity contribution in [3.8, 4) is 0 Å². The van der Waals surface area contributed by atoms with Crippen LogP contribution in [0.2, 0.25) is 0 Å². The van der Waals surface area contributed by atoms with Crippen LogP contribution in [0.3, 0.4) is 0 Å². The summed E-state index contributed by atoms with van der Waals surface area (Å²) in [7, 11) is 1.99. The van der Waals surface area contributed by atoms with Crippen LogP contribution in [-0.4, -0.2) is 61.4 Å². The summed E-state index contributed by atoms with van der Waals surface area (Å²) < 4.78 is 0. The quantitative estimate of drug-likeness (QED) is 0.860. The molecule has 2 fully saturated rings. The highest BCUT2D eigenvalue weighted by Crippen LogP contribution is 2.26. The van der Waals surface area contributed by atoms with Gasteiger partial charge in [0.15, 0.2) is 0 Å². The largest absolute Gasteiger partial charge is 0.342 e. The molecule has 2 aliphatic heterocycles. The standard InChI is InChI=1S/C18H33N3O2/c1-18(2,3)17(23)21-9-5-6-15(13-21)16(22)20-10-7-14(8-11-20)12-19-4/h14-15,19H,5-13H2,1-4H3. The van der Waals surface area contributed by atoms with Gasteiger partial charge in [-0.2, -0.15) is 0 Å². The minimum absolute atomic E-state index is 0.00380. The number of nitrogens with one attached hydrogen (secondary N) is 1. The van der Waals surface area contributed by atoms with Crippen LogP contribution in [0.15, 0.2) is 0 Å². The maximum atomic E-state index is 12.8. The van der Waals surface area contributed by atoms with E-state index in [9.17, 15) is 9.59 Å². The van der Waals surface area contributed by atoms with Gasteiger partial charge in [0.05, 0.1) is 5.92 Å². The van der Waals surface area contributed by atoms with Crippen LogP contribution in [-0.2, 0) is 9.59 Å². The van der Waals surface area contributed by atoms with Crippen molar-refractivity contribution in [2.24, 2.45) is 17.3 Å². The molecule has 2 aliphatic rings. The lowest BCUT2D eigenvalue weighted by Gasteiger charge is -2.39. The van der Waals surface area contributed by atoms with Crippen molar-refractivity contribution >= 4 is 11.8 Å². The fourth-order valence-corrected chi connectivity index (χ4v) is 3.74. The minimum Gasteiger partial charge on any atom is -0.342 e. The first-order chi connectivity index (χ1) is 10.8. The summed E-state index contributed by atoms with van der Waals surface area (Å²) in [5, 5.41) is 3.23. The lowest BCUT2D eigenvalue weighted by atomic mass is 9.90. The lowest BCUT2D eigenvalue weighted by Crippen LogP contribution is -2.50. The molecule has 132 valence electrons. The van der Waals surface area contributed by atoms with Crippen LogP contribution in [0.5, 0.6) is 0 Å². The van der Waals surface area contributed by atoms with Gasteiger partial charge in [-0.3, -0.25) is 9.59 Å². The van der Waals surface area contributed by atoms with Crippen LogP contribution in [0.4, 0.5) is 0 Å². The van der Waals surface area contributed by atoms with E-state index in [0.29, 0.717) is 12.5 Å². The summed E-state index contributed by atoms with van der Waals surface area (Å²) in [4.78, 5) is 29.2. The molecule has 0 aromatic carbocycles. The highest BCUT2D eigenvalue weighted by atomic mass is 16.2. The molecular weight excluding hydrogens is 290 g/mol. The number of carbonyl (C=O) groups excluding carboxylic acids is 2. The lowest BCUT2D eigenvalue weighted by molar-refractivity contribution is -0.145. The Bertz CT molecular complexity index is 422. The molecule has 2 saturated heterocycles. The molecular formula is C18H33N3O2. The Hall–Kier alpha value is -1.10. The van der Waals surface area contributed by atoms with Gasteiger partial charge < -0.3 is 15.1 Å². The van der Waals surface area contributed by atoms with Gasteiger partial charge in [0.2, 0.25) is 11.8 Å². The molecule has 0 spiro atoms. The monoisotopic (exact) mass is 323 g/mol. The topological polar surface area (TPSA) is 52.7 Å². The number of rotatable bonds is 3. The molecule has 0 aromatic heterocycles. The Morgan fingerprint density at radius 3 is 2.26 bits per heavy atom. The van der Waals surface area contributed by atoms with Crippen LogP contribution in [0, 0.1) is 17.3 Å². The van der Waals surface area contributed by atoms with Crippen LogP contribution in [0.25, 0.3) is 0 Å². The molecule has 0 radical (unpaired) electrons. The van der Waals surface area contributed by atoms with E-state index in [0.717, 1.165) is 51.9 Å². The van der Waals surface area contributed by atoms with Gasteiger partial charge in [0.1, 0.15) is 0 Å². The molecule has 2 amide bonds. The van der Waals surface area contributed by atoms with Crippen molar-refractivity contribution < 1.29 is 9.59 Å². The number of amides is 2. The molecule has 1 N–H and O–H groups in total. The maximum absolute atomic E-state index is 12.8. The van der Waals surface area contributed by atoms with E-state index in [4.69, 9.17) is 0 Å². The minimum atomic E-state index is -0.365. The molecule has 0 aromatic rings. The molecule has 0 aliphatic carbocycles. The van der Waals surface area contributed by atoms with E-state index in [1.807, 2.05) is 37.6 Å². The second-order valence-electron chi connectivity index (χ2n) is 8.17. The Morgan fingerprint density at radius 1 is 1.04 bits per heavy atom. The van der Waals surface area contributed by atoms with Gasteiger partial charge in [0.25, 0.3) is 0 Å². The average Bonchev–Trinajstić information content (AvgIpc) is 2.54. The Kier molecular flexibility index (Phi) is 6.06. The molecule has 0 saturated carbocycles. The molecule has 5 nitrogen and oxygen atoms in total. The SMILES string of the molecule is CNCC1CCN(C(=O)C2CCCN(C(=O)C(C)(C)C)C2)CC1. The van der Waals surface area contributed by atoms with E-state index < -0.39 is 0 Å². The molecule has 0 bridgehead atoms. The zero-order valence-corrected chi connectivity index (χ0v) is 15.2. The van der Waals surface area contributed by atoms with Gasteiger partial charge in [-0.15, -0.1) is 0 Å². The highest BCUT2D eigenvalue weighted by Gasteiger charge is 2.35. The zero-order chi connectivity index (χ0) is 17.0. The van der Waals surface area contributed by atoms with E-state index in [1.165, 1.54) is 0 Å². The van der Waals surface area contributed by atoms with Crippen molar-refractivity contribution in [3.63, 3.8) is 0 Å². The summed E-state index contributed by atoms with van der Waals surface area (Å²) in [6, 6.07) is 0. The second kappa shape index (κ2) is 7.65.